The molecule has 0 saturated carbocycles. The van der Waals surface area contributed by atoms with E-state index in [1.54, 1.807) is 0 Å². The van der Waals surface area contributed by atoms with Crippen molar-refractivity contribution >= 4 is 29.1 Å². The second-order valence-corrected chi connectivity index (χ2v) is 11.1. The van der Waals surface area contributed by atoms with Crippen LogP contribution in [0.15, 0.2) is 91.0 Å². The van der Waals surface area contributed by atoms with Crippen LogP contribution in [0.25, 0.3) is 0 Å². The van der Waals surface area contributed by atoms with Crippen LogP contribution in [0.1, 0.15) is 6.42 Å². The molecule has 0 spiro atoms. The fourth-order valence-electron chi connectivity index (χ4n) is 3.78. The van der Waals surface area contributed by atoms with E-state index in [2.05, 4.69) is 91.0 Å². The molecule has 0 radical (unpaired) electrons. The molecule has 174 valence electrons. The van der Waals surface area contributed by atoms with Crippen LogP contribution in [-0.4, -0.2) is 56.9 Å². The minimum absolute atomic E-state index is 0.0121. The van der Waals surface area contributed by atoms with Crippen molar-refractivity contribution in [2.45, 2.75) is 6.42 Å². The average molecular weight is 468 g/mol. The molecule has 0 aromatic heterocycles. The maximum Gasteiger partial charge on any atom is 0.305 e. The van der Waals surface area contributed by atoms with Gasteiger partial charge in [0.15, 0.2) is 0 Å². The van der Waals surface area contributed by atoms with E-state index in [9.17, 15) is 4.79 Å². The Balaban J connectivity index is 1.60. The van der Waals surface area contributed by atoms with Gasteiger partial charge in [0.05, 0.1) is 52.2 Å². The lowest BCUT2D eigenvalue weighted by Crippen LogP contribution is -2.34. The smallest absolute Gasteiger partial charge is 0.305 e. The summed E-state index contributed by atoms with van der Waals surface area (Å²) in [5.74, 6) is -0.857. The lowest BCUT2D eigenvalue weighted by molar-refractivity contribution is -0.138. The predicted octanol–water partition coefficient (Wildman–Crippen LogP) is 3.51. The minimum Gasteiger partial charge on any atom is -0.481 e. The molecule has 3 rings (SSSR count). The summed E-state index contributed by atoms with van der Waals surface area (Å²) in [5.41, 5.74) is 0. The van der Waals surface area contributed by atoms with Gasteiger partial charge in [0.2, 0.25) is 0 Å². The van der Waals surface area contributed by atoms with E-state index in [4.69, 9.17) is 19.3 Å². The van der Waals surface area contributed by atoms with E-state index >= 15 is 0 Å². The Morgan fingerprint density at radius 2 is 0.939 bits per heavy atom. The van der Waals surface area contributed by atoms with Crippen molar-refractivity contribution in [3.05, 3.63) is 91.0 Å². The summed E-state index contributed by atoms with van der Waals surface area (Å²) in [6.45, 7) is 2.64. The number of ether oxygens (including phenoxy) is 3. The maximum absolute atomic E-state index is 10.5. The fourth-order valence-corrected chi connectivity index (χ4v) is 7.90. The van der Waals surface area contributed by atoms with E-state index < -0.39 is 13.2 Å². The van der Waals surface area contributed by atoms with Gasteiger partial charge in [0.1, 0.15) is 23.2 Å². The third kappa shape index (κ3) is 7.48. The van der Waals surface area contributed by atoms with E-state index in [1.807, 2.05) is 0 Å². The highest BCUT2D eigenvalue weighted by Gasteiger charge is 2.44. The van der Waals surface area contributed by atoms with Crippen molar-refractivity contribution in [2.75, 3.05) is 45.8 Å². The Bertz CT molecular complexity index is 838. The summed E-state index contributed by atoms with van der Waals surface area (Å²) in [4.78, 5) is 10.5. The number of carboxylic acid groups (broad SMARTS) is 1. The molecule has 0 unspecified atom stereocenters. The van der Waals surface area contributed by atoms with Crippen molar-refractivity contribution < 1.29 is 24.1 Å². The number of hydrogen-bond donors (Lipinski definition) is 1. The topological polar surface area (TPSA) is 65.0 Å². The molecule has 0 fully saturated rings. The summed E-state index contributed by atoms with van der Waals surface area (Å²) in [6.07, 6.45) is 0.918. The molecule has 6 heteroatoms. The molecule has 5 nitrogen and oxygen atoms in total. The van der Waals surface area contributed by atoms with Crippen LogP contribution in [0.5, 0.6) is 0 Å². The van der Waals surface area contributed by atoms with Gasteiger partial charge in [-0.1, -0.05) is 54.6 Å². The fraction of sp³-hybridized carbons (Fsp3) is 0.296. The largest absolute Gasteiger partial charge is 0.481 e. The first kappa shape index (κ1) is 25.1. The van der Waals surface area contributed by atoms with Gasteiger partial charge in [-0.2, -0.15) is 0 Å². The second kappa shape index (κ2) is 13.9. The van der Waals surface area contributed by atoms with Crippen molar-refractivity contribution in [3.8, 4) is 0 Å². The van der Waals surface area contributed by atoms with Crippen LogP contribution in [0, 0.1) is 0 Å². The lowest BCUT2D eigenvalue weighted by Gasteiger charge is -2.27. The highest BCUT2D eigenvalue weighted by molar-refractivity contribution is 7.95. The first-order valence-corrected chi connectivity index (χ1v) is 13.2. The third-order valence-corrected chi connectivity index (χ3v) is 9.76. The van der Waals surface area contributed by atoms with Gasteiger partial charge in [0, 0.05) is 0 Å². The van der Waals surface area contributed by atoms with Crippen molar-refractivity contribution in [2.24, 2.45) is 0 Å². The first-order chi connectivity index (χ1) is 16.2. The molecule has 0 heterocycles. The molecule has 0 aliphatic rings. The van der Waals surface area contributed by atoms with Gasteiger partial charge >= 0.3 is 5.97 Å². The number of benzene rings is 3. The Morgan fingerprint density at radius 1 is 0.576 bits per heavy atom. The molecule has 3 aromatic carbocycles. The molecule has 33 heavy (non-hydrogen) atoms. The summed E-state index contributed by atoms with van der Waals surface area (Å²) < 4.78 is 16.8. The number of carbonyl (C=O) groups is 1. The van der Waals surface area contributed by atoms with Gasteiger partial charge in [-0.25, -0.2) is 0 Å². The van der Waals surface area contributed by atoms with Crippen molar-refractivity contribution in [1.29, 1.82) is 0 Å². The van der Waals surface area contributed by atoms with Crippen LogP contribution in [0.3, 0.4) is 0 Å². The maximum atomic E-state index is 10.5. The molecule has 1 N–H and O–H groups in total. The Morgan fingerprint density at radius 3 is 1.33 bits per heavy atom. The van der Waals surface area contributed by atoms with Gasteiger partial charge in [-0.15, -0.1) is 0 Å². The van der Waals surface area contributed by atoms with Crippen LogP contribution in [0.4, 0.5) is 0 Å². The molecular formula is C27H32O5P+. The zero-order valence-electron chi connectivity index (χ0n) is 18.8. The van der Waals surface area contributed by atoms with Crippen LogP contribution in [0.2, 0.25) is 0 Å². The van der Waals surface area contributed by atoms with Crippen molar-refractivity contribution in [1.82, 2.24) is 0 Å². The number of rotatable bonds is 15. The molecule has 0 bridgehead atoms. The number of carboxylic acids is 1. The highest BCUT2D eigenvalue weighted by atomic mass is 31.2. The SMILES string of the molecule is O=C(O)CCOCCOCCOCC[P+](c1ccccc1)(c1ccccc1)c1ccccc1. The van der Waals surface area contributed by atoms with Crippen LogP contribution >= 0.6 is 7.26 Å². The van der Waals surface area contributed by atoms with Gasteiger partial charge < -0.3 is 19.3 Å². The monoisotopic (exact) mass is 467 g/mol. The zero-order valence-corrected chi connectivity index (χ0v) is 19.7. The molecule has 0 atom stereocenters. The lowest BCUT2D eigenvalue weighted by atomic mass is 10.4. The first-order valence-electron chi connectivity index (χ1n) is 11.2. The quantitative estimate of drug-likeness (QED) is 0.274. The van der Waals surface area contributed by atoms with Gasteiger partial charge in [-0.05, 0) is 36.4 Å². The normalized spacial score (nSPS) is 11.4. The summed E-state index contributed by atoms with van der Waals surface area (Å²) in [6, 6.07) is 32.3. The molecule has 0 saturated heterocycles. The number of hydrogen-bond acceptors (Lipinski definition) is 4. The Kier molecular flexibility index (Phi) is 10.5. The molecule has 0 amide bonds. The summed E-state index contributed by atoms with van der Waals surface area (Å²) in [7, 11) is -1.87. The minimum atomic E-state index is -1.87. The Labute approximate surface area is 196 Å². The predicted molar refractivity (Wildman–Crippen MR) is 135 cm³/mol. The summed E-state index contributed by atoms with van der Waals surface area (Å²) in [5, 5.41) is 12.6. The third-order valence-electron chi connectivity index (χ3n) is 5.37. The van der Waals surface area contributed by atoms with E-state index in [-0.39, 0.29) is 13.0 Å². The van der Waals surface area contributed by atoms with Gasteiger partial charge in [0.25, 0.3) is 0 Å². The number of aliphatic carboxylic acids is 1. The van der Waals surface area contributed by atoms with Crippen LogP contribution < -0.4 is 15.9 Å². The van der Waals surface area contributed by atoms with Crippen LogP contribution in [-0.2, 0) is 19.0 Å². The van der Waals surface area contributed by atoms with Crippen molar-refractivity contribution in [3.63, 3.8) is 0 Å². The second-order valence-electron chi connectivity index (χ2n) is 7.52. The van der Waals surface area contributed by atoms with E-state index in [0.29, 0.717) is 33.0 Å². The molecule has 0 aliphatic heterocycles. The molecule has 0 aliphatic carbocycles. The van der Waals surface area contributed by atoms with Gasteiger partial charge in [-0.3, -0.25) is 4.79 Å². The van der Waals surface area contributed by atoms with E-state index in [1.165, 1.54) is 15.9 Å². The average Bonchev–Trinajstić information content (AvgIpc) is 2.86. The zero-order chi connectivity index (χ0) is 23.2. The molecule has 3 aromatic rings. The standard InChI is InChI=1S/C27H31O5P/c28-27(29)16-17-30-18-19-31-20-21-32-22-23-33(24-10-4-1-5-11-24,25-12-6-2-7-13-25)26-14-8-3-9-15-26/h1-15H,16-23H2/p+1. The van der Waals surface area contributed by atoms with E-state index in [0.717, 1.165) is 6.16 Å². The summed E-state index contributed by atoms with van der Waals surface area (Å²) >= 11 is 0. The molecular weight excluding hydrogens is 435 g/mol. The Hall–Kier alpha value is -2.56. The highest BCUT2D eigenvalue weighted by Crippen LogP contribution is 2.54.